The maximum atomic E-state index is 12.3. The molecule has 108 valence electrons. The number of amides is 1. The third kappa shape index (κ3) is 3.58. The Morgan fingerprint density at radius 1 is 1.38 bits per heavy atom. The Balaban J connectivity index is 2.31. The maximum Gasteiger partial charge on any atom is 0.267 e. The summed E-state index contributed by atoms with van der Waals surface area (Å²) in [5.41, 5.74) is 1.77. The number of nitrogens with one attached hydrogen (secondary N) is 1. The third-order valence-corrected chi connectivity index (χ3v) is 4.41. The molecule has 2 aromatic rings. The van der Waals surface area contributed by atoms with Crippen molar-refractivity contribution in [1.29, 1.82) is 0 Å². The van der Waals surface area contributed by atoms with Crippen LogP contribution >= 0.6 is 34.5 Å². The van der Waals surface area contributed by atoms with Gasteiger partial charge in [0.15, 0.2) is 0 Å². The van der Waals surface area contributed by atoms with Gasteiger partial charge in [0, 0.05) is 5.56 Å². The molecule has 1 heterocycles. The average Bonchev–Trinajstić information content (AvgIpc) is 2.93. The SMILES string of the molecule is Cc1ccc(Cl)c(NC(=O)c2sccc2C#CCO)c1Cl. The van der Waals surface area contributed by atoms with Gasteiger partial charge in [-0.25, -0.2) is 0 Å². The number of thiophene rings is 1. The Kier molecular flexibility index (Phi) is 5.27. The monoisotopic (exact) mass is 339 g/mol. The van der Waals surface area contributed by atoms with E-state index in [4.69, 9.17) is 28.3 Å². The van der Waals surface area contributed by atoms with Gasteiger partial charge < -0.3 is 10.4 Å². The van der Waals surface area contributed by atoms with E-state index in [0.29, 0.717) is 26.2 Å². The number of hydrogen-bond acceptors (Lipinski definition) is 3. The van der Waals surface area contributed by atoms with Crippen molar-refractivity contribution in [1.82, 2.24) is 0 Å². The molecular formula is C15H11Cl2NO2S. The van der Waals surface area contributed by atoms with E-state index in [1.807, 2.05) is 6.92 Å². The van der Waals surface area contributed by atoms with E-state index in [9.17, 15) is 4.79 Å². The zero-order valence-corrected chi connectivity index (χ0v) is 13.4. The lowest BCUT2D eigenvalue weighted by molar-refractivity contribution is 0.103. The molecule has 0 aliphatic rings. The van der Waals surface area contributed by atoms with Gasteiger partial charge in [-0.05, 0) is 30.0 Å². The molecule has 0 spiro atoms. The van der Waals surface area contributed by atoms with E-state index < -0.39 is 0 Å². The van der Waals surface area contributed by atoms with E-state index >= 15 is 0 Å². The van der Waals surface area contributed by atoms with E-state index in [2.05, 4.69) is 17.2 Å². The summed E-state index contributed by atoms with van der Waals surface area (Å²) in [6, 6.07) is 5.19. The van der Waals surface area contributed by atoms with Gasteiger partial charge in [-0.1, -0.05) is 41.1 Å². The Morgan fingerprint density at radius 3 is 2.86 bits per heavy atom. The fourth-order valence-electron chi connectivity index (χ4n) is 1.66. The molecule has 21 heavy (non-hydrogen) atoms. The van der Waals surface area contributed by atoms with E-state index in [0.717, 1.165) is 5.56 Å². The number of benzene rings is 1. The van der Waals surface area contributed by atoms with Gasteiger partial charge in [-0.15, -0.1) is 11.3 Å². The smallest absolute Gasteiger partial charge is 0.267 e. The standard InChI is InChI=1S/C15H11Cl2NO2S/c1-9-4-5-11(16)13(12(9)17)18-15(20)14-10(3-2-7-19)6-8-21-14/h4-6,8,19H,7H2,1H3,(H,18,20). The molecule has 0 saturated carbocycles. The highest BCUT2D eigenvalue weighted by molar-refractivity contribution is 7.12. The number of carbonyl (C=O) groups excluding carboxylic acids is 1. The summed E-state index contributed by atoms with van der Waals surface area (Å²) in [5, 5.41) is 14.0. The molecule has 0 aliphatic heterocycles. The highest BCUT2D eigenvalue weighted by atomic mass is 35.5. The number of aliphatic hydroxyl groups excluding tert-OH is 1. The van der Waals surface area contributed by atoms with Crippen LogP contribution in [-0.4, -0.2) is 17.6 Å². The minimum absolute atomic E-state index is 0.257. The van der Waals surface area contributed by atoms with Gasteiger partial charge in [-0.2, -0.15) is 0 Å². The van der Waals surface area contributed by atoms with Crippen molar-refractivity contribution >= 4 is 46.1 Å². The first kappa shape index (κ1) is 15.9. The predicted molar refractivity (Wildman–Crippen MR) is 87.4 cm³/mol. The first-order valence-corrected chi connectivity index (χ1v) is 7.61. The fraction of sp³-hybridized carbons (Fsp3) is 0.133. The molecule has 2 rings (SSSR count). The van der Waals surface area contributed by atoms with Crippen LogP contribution in [0.5, 0.6) is 0 Å². The van der Waals surface area contributed by atoms with Gasteiger partial charge in [0.05, 0.1) is 15.7 Å². The molecule has 0 saturated heterocycles. The largest absolute Gasteiger partial charge is 0.384 e. The second-order valence-corrected chi connectivity index (χ2v) is 5.83. The molecular weight excluding hydrogens is 329 g/mol. The summed E-state index contributed by atoms with van der Waals surface area (Å²) in [6.07, 6.45) is 0. The van der Waals surface area contributed by atoms with Crippen molar-refractivity contribution in [2.45, 2.75) is 6.92 Å². The number of aryl methyl sites for hydroxylation is 1. The molecule has 0 radical (unpaired) electrons. The van der Waals surface area contributed by atoms with Crippen molar-refractivity contribution in [2.75, 3.05) is 11.9 Å². The molecule has 0 aliphatic carbocycles. The maximum absolute atomic E-state index is 12.3. The van der Waals surface area contributed by atoms with Crippen LogP contribution < -0.4 is 5.32 Å². The summed E-state index contributed by atoms with van der Waals surface area (Å²) in [7, 11) is 0. The average molecular weight is 340 g/mol. The number of rotatable bonds is 2. The van der Waals surface area contributed by atoms with Gasteiger partial charge in [0.2, 0.25) is 0 Å². The van der Waals surface area contributed by atoms with Crippen LogP contribution in [0.1, 0.15) is 20.8 Å². The normalized spacial score (nSPS) is 9.90. The van der Waals surface area contributed by atoms with Crippen LogP contribution in [0, 0.1) is 18.8 Å². The van der Waals surface area contributed by atoms with Gasteiger partial charge in [-0.3, -0.25) is 4.79 Å². The predicted octanol–water partition coefficient (Wildman–Crippen LogP) is 3.96. The van der Waals surface area contributed by atoms with Gasteiger partial charge in [0.1, 0.15) is 11.5 Å². The number of carbonyl (C=O) groups is 1. The minimum Gasteiger partial charge on any atom is -0.384 e. The second kappa shape index (κ2) is 6.97. The highest BCUT2D eigenvalue weighted by Gasteiger charge is 2.16. The quantitative estimate of drug-likeness (QED) is 0.813. The van der Waals surface area contributed by atoms with Gasteiger partial charge in [0.25, 0.3) is 5.91 Å². The lowest BCUT2D eigenvalue weighted by Gasteiger charge is -2.10. The minimum atomic E-state index is -0.332. The lowest BCUT2D eigenvalue weighted by Crippen LogP contribution is -2.12. The second-order valence-electron chi connectivity index (χ2n) is 4.13. The Bertz CT molecular complexity index is 744. The summed E-state index contributed by atoms with van der Waals surface area (Å²) in [6.45, 7) is 1.57. The Labute approximate surface area is 136 Å². The first-order valence-electron chi connectivity index (χ1n) is 5.97. The van der Waals surface area contributed by atoms with Crippen LogP contribution in [0.4, 0.5) is 5.69 Å². The van der Waals surface area contributed by atoms with Crippen LogP contribution in [0.15, 0.2) is 23.6 Å². The summed E-state index contributed by atoms with van der Waals surface area (Å²) >= 11 is 13.5. The Hall–Kier alpha value is -1.51. The molecule has 2 N–H and O–H groups in total. The zero-order valence-electron chi connectivity index (χ0n) is 11.0. The van der Waals surface area contributed by atoms with Crippen LogP contribution in [-0.2, 0) is 0 Å². The summed E-state index contributed by atoms with van der Waals surface area (Å²) in [5.74, 6) is 4.92. The molecule has 0 fully saturated rings. The molecule has 0 atom stereocenters. The molecule has 1 aromatic carbocycles. The molecule has 0 bridgehead atoms. The Morgan fingerprint density at radius 2 is 2.14 bits per heavy atom. The van der Waals surface area contributed by atoms with Crippen LogP contribution in [0.25, 0.3) is 0 Å². The van der Waals surface area contributed by atoms with E-state index in [1.165, 1.54) is 11.3 Å². The zero-order chi connectivity index (χ0) is 15.4. The number of anilines is 1. The number of halogens is 2. The van der Waals surface area contributed by atoms with Crippen molar-refractivity contribution < 1.29 is 9.90 Å². The van der Waals surface area contributed by atoms with Crippen molar-refractivity contribution in [3.8, 4) is 11.8 Å². The summed E-state index contributed by atoms with van der Waals surface area (Å²) < 4.78 is 0. The van der Waals surface area contributed by atoms with Crippen molar-refractivity contribution in [3.63, 3.8) is 0 Å². The fourth-order valence-corrected chi connectivity index (χ4v) is 2.87. The van der Waals surface area contributed by atoms with Crippen LogP contribution in [0.2, 0.25) is 10.0 Å². The lowest BCUT2D eigenvalue weighted by atomic mass is 10.2. The van der Waals surface area contributed by atoms with Crippen LogP contribution in [0.3, 0.4) is 0 Å². The topological polar surface area (TPSA) is 49.3 Å². The molecule has 1 amide bonds. The van der Waals surface area contributed by atoms with Gasteiger partial charge >= 0.3 is 0 Å². The molecule has 1 aromatic heterocycles. The number of hydrogen-bond donors (Lipinski definition) is 2. The van der Waals surface area contributed by atoms with Crippen molar-refractivity contribution in [3.05, 3.63) is 49.6 Å². The summed E-state index contributed by atoms with van der Waals surface area (Å²) in [4.78, 5) is 12.8. The van der Waals surface area contributed by atoms with E-state index in [1.54, 1.807) is 23.6 Å². The number of aliphatic hydroxyl groups is 1. The third-order valence-electron chi connectivity index (χ3n) is 2.70. The first-order chi connectivity index (χ1) is 10.0. The highest BCUT2D eigenvalue weighted by Crippen LogP contribution is 2.33. The molecule has 6 heteroatoms. The van der Waals surface area contributed by atoms with E-state index in [-0.39, 0.29) is 12.5 Å². The van der Waals surface area contributed by atoms with Crippen molar-refractivity contribution in [2.24, 2.45) is 0 Å². The molecule has 3 nitrogen and oxygen atoms in total. The molecule has 0 unspecified atom stereocenters.